The molecule has 0 fully saturated rings. The molecule has 0 aliphatic heterocycles. The quantitative estimate of drug-likeness (QED) is 0.820. The van der Waals surface area contributed by atoms with E-state index in [1.54, 1.807) is 6.07 Å². The number of rotatable bonds is 3. The Morgan fingerprint density at radius 1 is 1.62 bits per heavy atom. The molecular formula is C9H10BrClN2. The molecule has 1 rings (SSSR count). The van der Waals surface area contributed by atoms with E-state index in [0.717, 1.165) is 10.2 Å². The Morgan fingerprint density at radius 3 is 2.92 bits per heavy atom. The van der Waals surface area contributed by atoms with Crippen LogP contribution in [-0.4, -0.2) is 6.54 Å². The Balaban J connectivity index is 2.77. The smallest absolute Gasteiger partial charge is 0.0739 e. The highest BCUT2D eigenvalue weighted by molar-refractivity contribution is 9.11. The topological polar surface area (TPSA) is 38.0 Å². The van der Waals surface area contributed by atoms with Crippen LogP contribution in [0.2, 0.25) is 5.02 Å². The van der Waals surface area contributed by atoms with E-state index in [4.69, 9.17) is 17.3 Å². The SMILES string of the molecule is C=C(Br)CNc1cccc(Cl)c1N. The second kappa shape index (κ2) is 4.53. The van der Waals surface area contributed by atoms with Gasteiger partial charge in [-0.3, -0.25) is 0 Å². The van der Waals surface area contributed by atoms with Crippen molar-refractivity contribution >= 4 is 38.9 Å². The summed E-state index contributed by atoms with van der Waals surface area (Å²) in [6.07, 6.45) is 0. The maximum absolute atomic E-state index is 5.83. The number of nitrogens with one attached hydrogen (secondary N) is 1. The number of anilines is 2. The van der Waals surface area contributed by atoms with Crippen LogP contribution in [0, 0.1) is 0 Å². The molecule has 0 heterocycles. The van der Waals surface area contributed by atoms with Crippen LogP contribution < -0.4 is 11.1 Å². The van der Waals surface area contributed by atoms with Crippen molar-refractivity contribution in [2.75, 3.05) is 17.6 Å². The molecule has 0 atom stereocenters. The number of benzene rings is 1. The van der Waals surface area contributed by atoms with Crippen LogP contribution in [0.5, 0.6) is 0 Å². The largest absolute Gasteiger partial charge is 0.396 e. The molecule has 1 aromatic carbocycles. The van der Waals surface area contributed by atoms with Gasteiger partial charge in [0.25, 0.3) is 0 Å². The Morgan fingerprint density at radius 2 is 2.31 bits per heavy atom. The Hall–Kier alpha value is -0.670. The number of hydrogen-bond donors (Lipinski definition) is 2. The van der Waals surface area contributed by atoms with Crippen molar-refractivity contribution in [1.29, 1.82) is 0 Å². The Labute approximate surface area is 90.9 Å². The van der Waals surface area contributed by atoms with Crippen LogP contribution in [0.15, 0.2) is 29.3 Å². The van der Waals surface area contributed by atoms with Crippen LogP contribution in [0.25, 0.3) is 0 Å². The average molecular weight is 262 g/mol. The molecular weight excluding hydrogens is 251 g/mol. The van der Waals surface area contributed by atoms with Gasteiger partial charge in [0.15, 0.2) is 0 Å². The van der Waals surface area contributed by atoms with Crippen LogP contribution in [0.3, 0.4) is 0 Å². The van der Waals surface area contributed by atoms with Crippen molar-refractivity contribution in [3.63, 3.8) is 0 Å². The summed E-state index contributed by atoms with van der Waals surface area (Å²) in [5.41, 5.74) is 7.12. The molecule has 70 valence electrons. The van der Waals surface area contributed by atoms with E-state index in [-0.39, 0.29) is 0 Å². The second-order valence-corrected chi connectivity index (χ2v) is 4.10. The maximum atomic E-state index is 5.83. The number of hydrogen-bond acceptors (Lipinski definition) is 2. The molecule has 0 bridgehead atoms. The number of halogens is 2. The standard InChI is InChI=1S/C9H10BrClN2/c1-6(10)5-13-8-4-2-3-7(11)9(8)12/h2-4,13H,1,5,12H2. The predicted octanol–water partition coefficient (Wildman–Crippen LogP) is 3.24. The Bertz CT molecular complexity index is 325. The van der Waals surface area contributed by atoms with Gasteiger partial charge in [0.2, 0.25) is 0 Å². The molecule has 1 aromatic rings. The van der Waals surface area contributed by atoms with Crippen molar-refractivity contribution in [1.82, 2.24) is 0 Å². The average Bonchev–Trinajstić information content (AvgIpc) is 2.07. The van der Waals surface area contributed by atoms with Gasteiger partial charge < -0.3 is 11.1 Å². The van der Waals surface area contributed by atoms with Gasteiger partial charge >= 0.3 is 0 Å². The summed E-state index contributed by atoms with van der Waals surface area (Å²) in [5, 5.41) is 3.66. The number of nitrogen functional groups attached to an aromatic ring is 1. The molecule has 0 aromatic heterocycles. The van der Waals surface area contributed by atoms with Gasteiger partial charge in [-0.15, -0.1) is 0 Å². The molecule has 3 N–H and O–H groups in total. The number of nitrogens with two attached hydrogens (primary N) is 1. The van der Waals surface area contributed by atoms with Crippen molar-refractivity contribution in [3.8, 4) is 0 Å². The van der Waals surface area contributed by atoms with E-state index in [9.17, 15) is 0 Å². The molecule has 0 radical (unpaired) electrons. The summed E-state index contributed by atoms with van der Waals surface area (Å²) in [7, 11) is 0. The highest BCUT2D eigenvalue weighted by Crippen LogP contribution is 2.26. The van der Waals surface area contributed by atoms with Gasteiger partial charge in [0.05, 0.1) is 16.4 Å². The summed E-state index contributed by atoms with van der Waals surface area (Å²) >= 11 is 9.07. The first-order chi connectivity index (χ1) is 6.11. The molecule has 0 aliphatic carbocycles. The molecule has 13 heavy (non-hydrogen) atoms. The second-order valence-electron chi connectivity index (χ2n) is 2.57. The minimum atomic E-state index is 0.560. The van der Waals surface area contributed by atoms with E-state index >= 15 is 0 Å². The Kier molecular flexibility index (Phi) is 3.63. The lowest BCUT2D eigenvalue weighted by molar-refractivity contribution is 1.33. The normalized spacial score (nSPS) is 9.69. The monoisotopic (exact) mass is 260 g/mol. The summed E-state index contributed by atoms with van der Waals surface area (Å²) in [6, 6.07) is 5.47. The van der Waals surface area contributed by atoms with Crippen molar-refractivity contribution in [2.24, 2.45) is 0 Å². The zero-order valence-electron chi connectivity index (χ0n) is 6.98. The molecule has 0 unspecified atom stereocenters. The van der Waals surface area contributed by atoms with E-state index in [1.807, 2.05) is 12.1 Å². The fourth-order valence-electron chi connectivity index (χ4n) is 0.882. The molecule has 0 aliphatic rings. The van der Waals surface area contributed by atoms with Crippen LogP contribution >= 0.6 is 27.5 Å². The molecule has 2 nitrogen and oxygen atoms in total. The van der Waals surface area contributed by atoms with E-state index in [0.29, 0.717) is 17.3 Å². The lowest BCUT2D eigenvalue weighted by Gasteiger charge is -2.08. The molecule has 0 saturated heterocycles. The van der Waals surface area contributed by atoms with Crippen molar-refractivity contribution in [3.05, 3.63) is 34.3 Å². The zero-order chi connectivity index (χ0) is 9.84. The third-order valence-corrected chi connectivity index (χ3v) is 2.13. The van der Waals surface area contributed by atoms with Crippen molar-refractivity contribution < 1.29 is 0 Å². The molecule has 0 saturated carbocycles. The summed E-state index contributed by atoms with van der Waals surface area (Å²) in [5.74, 6) is 0. The first-order valence-corrected chi connectivity index (χ1v) is 4.89. The highest BCUT2D eigenvalue weighted by atomic mass is 79.9. The van der Waals surface area contributed by atoms with Gasteiger partial charge in [-0.25, -0.2) is 0 Å². The van der Waals surface area contributed by atoms with E-state index in [1.165, 1.54) is 0 Å². The fourth-order valence-corrected chi connectivity index (χ4v) is 1.20. The van der Waals surface area contributed by atoms with Crippen molar-refractivity contribution in [2.45, 2.75) is 0 Å². The first-order valence-electron chi connectivity index (χ1n) is 3.72. The van der Waals surface area contributed by atoms with Crippen LogP contribution in [0.1, 0.15) is 0 Å². The molecule has 4 heteroatoms. The summed E-state index contributed by atoms with van der Waals surface area (Å²) in [6.45, 7) is 4.33. The molecule has 0 amide bonds. The zero-order valence-corrected chi connectivity index (χ0v) is 9.32. The minimum absolute atomic E-state index is 0.560. The third-order valence-electron chi connectivity index (χ3n) is 1.52. The van der Waals surface area contributed by atoms with Gasteiger partial charge in [-0.05, 0) is 12.1 Å². The van der Waals surface area contributed by atoms with Crippen LogP contribution in [-0.2, 0) is 0 Å². The minimum Gasteiger partial charge on any atom is -0.396 e. The predicted molar refractivity (Wildman–Crippen MR) is 62.4 cm³/mol. The van der Waals surface area contributed by atoms with Gasteiger partial charge in [-0.1, -0.05) is 40.2 Å². The lowest BCUT2D eigenvalue weighted by atomic mass is 10.2. The summed E-state index contributed by atoms with van der Waals surface area (Å²) < 4.78 is 0.867. The third kappa shape index (κ3) is 2.94. The fraction of sp³-hybridized carbons (Fsp3) is 0.111. The van der Waals surface area contributed by atoms with E-state index < -0.39 is 0 Å². The lowest BCUT2D eigenvalue weighted by Crippen LogP contribution is -2.03. The summed E-state index contributed by atoms with van der Waals surface area (Å²) in [4.78, 5) is 0. The first kappa shape index (κ1) is 10.4. The highest BCUT2D eigenvalue weighted by Gasteiger charge is 2.01. The van der Waals surface area contributed by atoms with Gasteiger partial charge in [-0.2, -0.15) is 0 Å². The van der Waals surface area contributed by atoms with Gasteiger partial charge in [0, 0.05) is 11.0 Å². The van der Waals surface area contributed by atoms with Gasteiger partial charge in [0.1, 0.15) is 0 Å². The van der Waals surface area contributed by atoms with E-state index in [2.05, 4.69) is 27.8 Å². The maximum Gasteiger partial charge on any atom is 0.0739 e. The number of para-hydroxylation sites is 1. The molecule has 0 spiro atoms. The van der Waals surface area contributed by atoms with Crippen LogP contribution in [0.4, 0.5) is 11.4 Å².